The average molecular weight is 469 g/mol. The van der Waals surface area contributed by atoms with Gasteiger partial charge < -0.3 is 39.2 Å². The van der Waals surface area contributed by atoms with Crippen LogP contribution in [0.2, 0.25) is 0 Å². The predicted octanol–water partition coefficient (Wildman–Crippen LogP) is 3.23. The summed E-state index contributed by atoms with van der Waals surface area (Å²) in [5.41, 5.74) is 1.49. The lowest BCUT2D eigenvalue weighted by molar-refractivity contribution is 0.122. The van der Waals surface area contributed by atoms with Crippen molar-refractivity contribution in [1.82, 2.24) is 15.0 Å². The van der Waals surface area contributed by atoms with Crippen LogP contribution in [-0.4, -0.2) is 69.7 Å². The smallest absolute Gasteiger partial charge is 0.233 e. The van der Waals surface area contributed by atoms with Crippen LogP contribution in [0.3, 0.4) is 0 Å². The summed E-state index contributed by atoms with van der Waals surface area (Å²) in [6.07, 6.45) is 0. The molecule has 0 saturated carbocycles. The number of benzene rings is 2. The van der Waals surface area contributed by atoms with Gasteiger partial charge in [0.25, 0.3) is 0 Å². The zero-order valence-corrected chi connectivity index (χ0v) is 19.6. The standard InChI is InChI=1S/C23H28N6O5/c1-30-17-7-5-15(13-19(17)32-3)24-21-26-22(28-23(27-21)29-9-11-34-12-10-29)25-16-6-8-18(31-2)20(14-16)33-4/h5-8,13-14H,9-12H2,1-4H3,(H2,24,25,26,27,28). The second kappa shape index (κ2) is 10.8. The largest absolute Gasteiger partial charge is 0.493 e. The molecule has 1 aromatic heterocycles. The molecule has 0 amide bonds. The van der Waals surface area contributed by atoms with Crippen LogP contribution in [0, 0.1) is 0 Å². The van der Waals surface area contributed by atoms with E-state index in [1.807, 2.05) is 36.4 Å². The summed E-state index contributed by atoms with van der Waals surface area (Å²) in [4.78, 5) is 15.9. The summed E-state index contributed by atoms with van der Waals surface area (Å²) in [7, 11) is 6.37. The number of anilines is 5. The molecule has 1 aliphatic heterocycles. The van der Waals surface area contributed by atoms with Gasteiger partial charge in [-0.15, -0.1) is 0 Å². The number of methoxy groups -OCH3 is 4. The number of ether oxygens (including phenoxy) is 5. The van der Waals surface area contributed by atoms with Gasteiger partial charge in [0, 0.05) is 36.6 Å². The Morgan fingerprint density at radius 3 is 1.59 bits per heavy atom. The molecule has 0 atom stereocenters. The lowest BCUT2D eigenvalue weighted by Gasteiger charge is -2.27. The highest BCUT2D eigenvalue weighted by molar-refractivity contribution is 5.64. The first-order valence-electron chi connectivity index (χ1n) is 10.7. The fourth-order valence-electron chi connectivity index (χ4n) is 3.47. The van der Waals surface area contributed by atoms with Gasteiger partial charge in [-0.3, -0.25) is 0 Å². The van der Waals surface area contributed by atoms with Crippen molar-refractivity contribution in [3.8, 4) is 23.0 Å². The van der Waals surface area contributed by atoms with E-state index >= 15 is 0 Å². The third-order valence-corrected chi connectivity index (χ3v) is 5.20. The minimum Gasteiger partial charge on any atom is -0.493 e. The molecule has 11 nitrogen and oxygen atoms in total. The number of nitrogens with one attached hydrogen (secondary N) is 2. The van der Waals surface area contributed by atoms with Gasteiger partial charge >= 0.3 is 0 Å². The van der Waals surface area contributed by atoms with E-state index in [2.05, 4.69) is 30.5 Å². The minimum absolute atomic E-state index is 0.381. The molecule has 1 fully saturated rings. The highest BCUT2D eigenvalue weighted by Crippen LogP contribution is 2.32. The summed E-state index contributed by atoms with van der Waals surface area (Å²) in [6, 6.07) is 11.0. The fraction of sp³-hybridized carbons (Fsp3) is 0.348. The highest BCUT2D eigenvalue weighted by atomic mass is 16.5. The van der Waals surface area contributed by atoms with E-state index in [0.29, 0.717) is 67.1 Å². The molecule has 0 aliphatic carbocycles. The quantitative estimate of drug-likeness (QED) is 0.483. The van der Waals surface area contributed by atoms with Crippen molar-refractivity contribution < 1.29 is 23.7 Å². The molecule has 180 valence electrons. The van der Waals surface area contributed by atoms with Gasteiger partial charge in [-0.2, -0.15) is 15.0 Å². The van der Waals surface area contributed by atoms with Gasteiger partial charge in [-0.1, -0.05) is 0 Å². The molecule has 1 aliphatic rings. The van der Waals surface area contributed by atoms with Crippen molar-refractivity contribution >= 4 is 29.2 Å². The third-order valence-electron chi connectivity index (χ3n) is 5.20. The summed E-state index contributed by atoms with van der Waals surface area (Å²) in [6.45, 7) is 2.61. The van der Waals surface area contributed by atoms with Crippen LogP contribution in [0.15, 0.2) is 36.4 Å². The predicted molar refractivity (Wildman–Crippen MR) is 129 cm³/mol. The molecular weight excluding hydrogens is 440 g/mol. The number of morpholine rings is 1. The van der Waals surface area contributed by atoms with Gasteiger partial charge in [0.15, 0.2) is 23.0 Å². The van der Waals surface area contributed by atoms with Crippen LogP contribution in [0.25, 0.3) is 0 Å². The maximum Gasteiger partial charge on any atom is 0.233 e. The van der Waals surface area contributed by atoms with Crippen LogP contribution in [0.4, 0.5) is 29.2 Å². The van der Waals surface area contributed by atoms with Crippen molar-refractivity contribution in [3.63, 3.8) is 0 Å². The molecule has 2 N–H and O–H groups in total. The minimum atomic E-state index is 0.381. The topological polar surface area (TPSA) is 112 Å². The number of nitrogens with zero attached hydrogens (tertiary/aromatic N) is 4. The van der Waals surface area contributed by atoms with Gasteiger partial charge in [-0.05, 0) is 24.3 Å². The Hall–Kier alpha value is -3.99. The normalized spacial score (nSPS) is 13.2. The first-order valence-corrected chi connectivity index (χ1v) is 10.7. The summed E-state index contributed by atoms with van der Waals surface area (Å²) in [5.74, 6) is 3.77. The van der Waals surface area contributed by atoms with Gasteiger partial charge in [0.2, 0.25) is 17.8 Å². The lowest BCUT2D eigenvalue weighted by Crippen LogP contribution is -2.37. The second-order valence-corrected chi connectivity index (χ2v) is 7.27. The van der Waals surface area contributed by atoms with E-state index in [4.69, 9.17) is 23.7 Å². The highest BCUT2D eigenvalue weighted by Gasteiger charge is 2.18. The van der Waals surface area contributed by atoms with Crippen LogP contribution < -0.4 is 34.5 Å². The van der Waals surface area contributed by atoms with Crippen LogP contribution in [-0.2, 0) is 4.74 Å². The number of hydrogen-bond donors (Lipinski definition) is 2. The zero-order chi connectivity index (χ0) is 23.9. The van der Waals surface area contributed by atoms with Gasteiger partial charge in [0.05, 0.1) is 41.7 Å². The Morgan fingerprint density at radius 2 is 1.15 bits per heavy atom. The van der Waals surface area contributed by atoms with Crippen molar-refractivity contribution in [1.29, 1.82) is 0 Å². The summed E-state index contributed by atoms with van der Waals surface area (Å²) >= 11 is 0. The summed E-state index contributed by atoms with van der Waals surface area (Å²) in [5, 5.41) is 6.47. The molecule has 11 heteroatoms. The van der Waals surface area contributed by atoms with E-state index in [1.165, 1.54) is 0 Å². The number of hydrogen-bond acceptors (Lipinski definition) is 11. The van der Waals surface area contributed by atoms with Crippen molar-refractivity contribution in [2.75, 3.05) is 70.3 Å². The molecule has 3 aromatic rings. The van der Waals surface area contributed by atoms with Gasteiger partial charge in [-0.25, -0.2) is 0 Å². The van der Waals surface area contributed by atoms with Crippen molar-refractivity contribution in [2.45, 2.75) is 0 Å². The molecule has 0 radical (unpaired) electrons. The van der Waals surface area contributed by atoms with Crippen molar-refractivity contribution in [3.05, 3.63) is 36.4 Å². The first-order chi connectivity index (χ1) is 16.6. The van der Waals surface area contributed by atoms with Crippen LogP contribution in [0.5, 0.6) is 23.0 Å². The Balaban J connectivity index is 1.65. The summed E-state index contributed by atoms with van der Waals surface area (Å²) < 4.78 is 26.9. The SMILES string of the molecule is COc1ccc(Nc2nc(Nc3ccc(OC)c(OC)c3)nc(N3CCOCC3)n2)cc1OC. The fourth-order valence-corrected chi connectivity index (χ4v) is 3.47. The van der Waals surface area contributed by atoms with Crippen LogP contribution in [0.1, 0.15) is 0 Å². The molecule has 0 bridgehead atoms. The lowest BCUT2D eigenvalue weighted by atomic mass is 10.2. The Bertz CT molecular complexity index is 1050. The van der Waals surface area contributed by atoms with Gasteiger partial charge in [0.1, 0.15) is 0 Å². The monoisotopic (exact) mass is 468 g/mol. The van der Waals surface area contributed by atoms with E-state index in [0.717, 1.165) is 11.4 Å². The van der Waals surface area contributed by atoms with E-state index in [1.54, 1.807) is 28.4 Å². The molecule has 0 spiro atoms. The number of aromatic nitrogens is 3. The third kappa shape index (κ3) is 5.31. The molecular formula is C23H28N6O5. The van der Waals surface area contributed by atoms with E-state index < -0.39 is 0 Å². The second-order valence-electron chi connectivity index (χ2n) is 7.27. The zero-order valence-electron chi connectivity index (χ0n) is 19.6. The maximum absolute atomic E-state index is 5.47. The average Bonchev–Trinajstić information content (AvgIpc) is 2.88. The Labute approximate surface area is 198 Å². The molecule has 4 rings (SSSR count). The first kappa shape index (κ1) is 23.2. The maximum atomic E-state index is 5.47. The van der Waals surface area contributed by atoms with E-state index in [-0.39, 0.29) is 0 Å². The van der Waals surface area contributed by atoms with Crippen LogP contribution >= 0.6 is 0 Å². The van der Waals surface area contributed by atoms with E-state index in [9.17, 15) is 0 Å². The molecule has 1 saturated heterocycles. The molecule has 34 heavy (non-hydrogen) atoms. The molecule has 2 heterocycles. The number of rotatable bonds is 9. The Morgan fingerprint density at radius 1 is 0.676 bits per heavy atom. The Kier molecular flexibility index (Phi) is 7.33. The molecule has 0 unspecified atom stereocenters. The molecule has 2 aromatic carbocycles. The van der Waals surface area contributed by atoms with Crippen molar-refractivity contribution in [2.24, 2.45) is 0 Å².